The van der Waals surface area contributed by atoms with E-state index >= 15 is 0 Å². The van der Waals surface area contributed by atoms with Crippen molar-refractivity contribution >= 4 is 0 Å². The van der Waals surface area contributed by atoms with E-state index < -0.39 is 0 Å². The van der Waals surface area contributed by atoms with Crippen LogP contribution in [0.1, 0.15) is 18.9 Å². The molecule has 0 amide bonds. The van der Waals surface area contributed by atoms with Gasteiger partial charge in [0, 0.05) is 262 Å². The molecule has 1 aliphatic carbocycles. The van der Waals surface area contributed by atoms with Gasteiger partial charge in [0.15, 0.2) is 0 Å². The second-order valence-corrected chi connectivity index (χ2v) is 3.28. The molecule has 1 aliphatic rings. The van der Waals surface area contributed by atoms with Crippen molar-refractivity contribution in [2.24, 2.45) is 0 Å². The molecule has 0 aliphatic heterocycles. The van der Waals surface area contributed by atoms with Crippen LogP contribution in [0.25, 0.3) is 0 Å². The van der Waals surface area contributed by atoms with Gasteiger partial charge in [0.05, 0.1) is 0 Å². The quantitative estimate of drug-likeness (QED) is 0.410. The fraction of sp³-hybridized carbons (Fsp3) is 0.214. The van der Waals surface area contributed by atoms with Crippen LogP contribution in [0.3, 0.4) is 0 Å². The second-order valence-electron chi connectivity index (χ2n) is 3.28. The normalized spacial score (nSPS) is 9.50. The van der Waals surface area contributed by atoms with Crippen LogP contribution in [0, 0.1) is 24.6 Å². The topological polar surface area (TPSA) is 0 Å². The zero-order valence-electron chi connectivity index (χ0n) is 12.9. The Bertz CT molecular complexity index is 376. The molecule has 8 heteroatoms. The molecule has 0 nitrogen and oxygen atoms in total. The van der Waals surface area contributed by atoms with Gasteiger partial charge < -0.3 is 35.8 Å². The zero-order chi connectivity index (χ0) is 9.80. The number of hydrogen-bond acceptors (Lipinski definition) is 0. The summed E-state index contributed by atoms with van der Waals surface area (Å²) in [6, 6.07) is 12.2. The molecule has 22 heavy (non-hydrogen) atoms. The number of rotatable bonds is 3. The number of allylic oxidation sites excluding steroid dienone is 4. The van der Waals surface area contributed by atoms with Crippen molar-refractivity contribution < 1.29 is 262 Å². The third-order valence-corrected chi connectivity index (χ3v) is 2.35. The SMILES string of the molecule is C[CH-]C1=[C-]CC=C1Cc1[c-]ccc[c-]1.[Y].[Y].[Y].[Y].[Y].[Y].[Y].[Y]. The predicted octanol–water partition coefficient (Wildman–Crippen LogP) is 3.09. The Balaban J connectivity index is -0.0000000562. The first kappa shape index (κ1) is 47.3. The van der Waals surface area contributed by atoms with Crippen LogP contribution < -0.4 is 0 Å². The third kappa shape index (κ3) is 19.4. The predicted molar refractivity (Wildman–Crippen MR) is 57.2 cm³/mol. The van der Waals surface area contributed by atoms with E-state index in [9.17, 15) is 0 Å². The van der Waals surface area contributed by atoms with Crippen molar-refractivity contribution in [3.05, 3.63) is 65.6 Å². The molecular formula is C14H12Y8-4. The summed E-state index contributed by atoms with van der Waals surface area (Å²) in [6.07, 6.45) is 9.53. The molecule has 0 saturated carbocycles. The molecule has 1 aromatic rings. The molecule has 0 bridgehead atoms. The molecule has 0 atom stereocenters. The molecule has 8 radical (unpaired) electrons. The van der Waals surface area contributed by atoms with Crippen molar-refractivity contribution in [3.8, 4) is 0 Å². The van der Waals surface area contributed by atoms with Crippen LogP contribution in [0.5, 0.6) is 0 Å². The molecule has 2 rings (SSSR count). The Labute approximate surface area is 337 Å². The van der Waals surface area contributed by atoms with E-state index in [1.165, 1.54) is 11.1 Å². The van der Waals surface area contributed by atoms with E-state index in [2.05, 4.69) is 37.6 Å². The average Bonchev–Trinajstić information content (AvgIpc) is 2.67. The van der Waals surface area contributed by atoms with Gasteiger partial charge in [-0.25, -0.2) is 6.08 Å². The Morgan fingerprint density at radius 3 is 1.86 bits per heavy atom. The first-order valence-corrected chi connectivity index (χ1v) is 4.87. The van der Waals surface area contributed by atoms with Crippen molar-refractivity contribution in [1.82, 2.24) is 0 Å². The van der Waals surface area contributed by atoms with Gasteiger partial charge in [-0.15, -0.1) is 19.8 Å². The first-order valence-electron chi connectivity index (χ1n) is 4.87. The average molecular weight is 891 g/mol. The second kappa shape index (κ2) is 30.6. The van der Waals surface area contributed by atoms with Crippen molar-refractivity contribution in [2.75, 3.05) is 0 Å². The van der Waals surface area contributed by atoms with Crippen molar-refractivity contribution in [1.29, 1.82) is 0 Å². The van der Waals surface area contributed by atoms with Crippen LogP contribution in [0.2, 0.25) is 0 Å². The Kier molecular flexibility index (Phi) is 65.7. The minimum Gasteiger partial charge on any atom is -0.372 e. The molecule has 0 aromatic heterocycles. The molecule has 1 aromatic carbocycles. The van der Waals surface area contributed by atoms with Crippen LogP contribution >= 0.6 is 0 Å². The summed E-state index contributed by atoms with van der Waals surface area (Å²) in [4.78, 5) is 0. The van der Waals surface area contributed by atoms with Gasteiger partial charge in [-0.3, -0.25) is 23.8 Å². The van der Waals surface area contributed by atoms with E-state index in [0.717, 1.165) is 18.4 Å². The van der Waals surface area contributed by atoms with E-state index in [-0.39, 0.29) is 262 Å². The molecule has 0 saturated heterocycles. The summed E-state index contributed by atoms with van der Waals surface area (Å²) in [7, 11) is 0. The van der Waals surface area contributed by atoms with Crippen LogP contribution in [-0.2, 0) is 268 Å². The molecule has 96 valence electrons. The van der Waals surface area contributed by atoms with E-state index in [4.69, 9.17) is 0 Å². The molecular weight excluding hydrogens is 879 g/mol. The fourth-order valence-electron chi connectivity index (χ4n) is 1.64. The Hall–Kier alpha value is 7.40. The van der Waals surface area contributed by atoms with E-state index in [1.807, 2.05) is 18.2 Å². The van der Waals surface area contributed by atoms with E-state index in [1.54, 1.807) is 0 Å². The Morgan fingerprint density at radius 1 is 0.909 bits per heavy atom. The molecule has 0 fully saturated rings. The Morgan fingerprint density at radius 2 is 1.41 bits per heavy atom. The van der Waals surface area contributed by atoms with Gasteiger partial charge in [-0.05, 0) is 0 Å². The van der Waals surface area contributed by atoms with Crippen LogP contribution in [-0.4, -0.2) is 0 Å². The standard InChI is InChI=1S/C14H12.8Y/c1-2-13-9-6-10-14(13)11-12-7-4-3-5-8-12;;;;;;;;/h2-5,10H,6,11H2,1H3;;;;;;;;/q-4;;;;;;;;. The minimum atomic E-state index is 0. The summed E-state index contributed by atoms with van der Waals surface area (Å²) in [6.45, 7) is 2.06. The van der Waals surface area contributed by atoms with E-state index in [0.29, 0.717) is 0 Å². The van der Waals surface area contributed by atoms with Crippen molar-refractivity contribution in [2.45, 2.75) is 19.8 Å². The van der Waals surface area contributed by atoms with Crippen LogP contribution in [0.15, 0.2) is 35.4 Å². The van der Waals surface area contributed by atoms with Crippen LogP contribution in [0.4, 0.5) is 0 Å². The summed E-state index contributed by atoms with van der Waals surface area (Å²) in [5, 5.41) is 0. The maximum absolute atomic E-state index is 3.32. The largest absolute Gasteiger partial charge is 0.372 e. The van der Waals surface area contributed by atoms with Gasteiger partial charge in [0.25, 0.3) is 0 Å². The summed E-state index contributed by atoms with van der Waals surface area (Å²) < 4.78 is 0. The molecule has 0 unspecified atom stereocenters. The summed E-state index contributed by atoms with van der Waals surface area (Å²) >= 11 is 0. The maximum Gasteiger partial charge on any atom is 0 e. The van der Waals surface area contributed by atoms with Gasteiger partial charge in [-0.2, -0.15) is 0 Å². The van der Waals surface area contributed by atoms with Gasteiger partial charge in [-0.1, -0.05) is 0 Å². The number of hydrogen-bond donors (Lipinski definition) is 0. The molecule has 0 spiro atoms. The molecule has 0 heterocycles. The van der Waals surface area contributed by atoms with Gasteiger partial charge in [0.1, 0.15) is 0 Å². The van der Waals surface area contributed by atoms with Gasteiger partial charge in [0.2, 0.25) is 0 Å². The zero-order valence-corrected chi connectivity index (χ0v) is 35.6. The van der Waals surface area contributed by atoms with Crippen molar-refractivity contribution in [3.63, 3.8) is 0 Å². The third-order valence-electron chi connectivity index (χ3n) is 2.35. The molecule has 0 N–H and O–H groups in total. The fourth-order valence-corrected chi connectivity index (χ4v) is 1.64. The summed E-state index contributed by atoms with van der Waals surface area (Å²) in [5.74, 6) is 0. The maximum atomic E-state index is 3.32. The first-order chi connectivity index (χ1) is 6.90. The smallest absolute Gasteiger partial charge is 0 e. The monoisotopic (exact) mass is 891 g/mol. The number of benzene rings is 1. The minimum absolute atomic E-state index is 0. The summed E-state index contributed by atoms with van der Waals surface area (Å²) in [5.41, 5.74) is 3.73. The van der Waals surface area contributed by atoms with Gasteiger partial charge >= 0.3 is 0 Å².